The van der Waals surface area contributed by atoms with Crippen molar-refractivity contribution in [1.82, 2.24) is 0 Å². The summed E-state index contributed by atoms with van der Waals surface area (Å²) < 4.78 is 0. The molecule has 1 atom stereocenters. The zero-order valence-electron chi connectivity index (χ0n) is 7.66. The summed E-state index contributed by atoms with van der Waals surface area (Å²) in [6.07, 6.45) is 3.39. The van der Waals surface area contributed by atoms with E-state index in [1.165, 1.54) is 12.0 Å². The van der Waals surface area contributed by atoms with E-state index in [4.69, 9.17) is 5.73 Å². The molecule has 1 aliphatic rings. The molecule has 1 aromatic carbocycles. The average Bonchev–Trinajstić information content (AvgIpc) is 2.17. The van der Waals surface area contributed by atoms with Gasteiger partial charge < -0.3 is 10.8 Å². The molecule has 0 aromatic heterocycles. The highest BCUT2D eigenvalue weighted by atomic mass is 16.3. The summed E-state index contributed by atoms with van der Waals surface area (Å²) in [6, 6.07) is 5.76. The molecule has 13 heavy (non-hydrogen) atoms. The van der Waals surface area contributed by atoms with E-state index in [0.29, 0.717) is 18.2 Å². The molecule has 2 heteroatoms. The second-order valence-electron chi connectivity index (χ2n) is 3.67. The van der Waals surface area contributed by atoms with Crippen LogP contribution < -0.4 is 5.73 Å². The van der Waals surface area contributed by atoms with Crippen LogP contribution in [0.1, 0.15) is 29.9 Å². The van der Waals surface area contributed by atoms with Crippen LogP contribution in [-0.2, 0) is 6.42 Å². The van der Waals surface area contributed by atoms with Crippen LogP contribution in [0.3, 0.4) is 0 Å². The number of aromatic hydroxyl groups is 1. The summed E-state index contributed by atoms with van der Waals surface area (Å²) >= 11 is 0. The third-order valence-electron chi connectivity index (χ3n) is 2.86. The number of benzene rings is 1. The molecule has 0 saturated heterocycles. The lowest BCUT2D eigenvalue weighted by molar-refractivity contribution is 0.446. The molecule has 1 aliphatic carbocycles. The SMILES string of the molecule is NCC1CCCc2cccc(O)c21. The molecule has 0 fully saturated rings. The topological polar surface area (TPSA) is 46.2 Å². The van der Waals surface area contributed by atoms with Crippen molar-refractivity contribution >= 4 is 0 Å². The predicted octanol–water partition coefficient (Wildman–Crippen LogP) is 1.77. The number of rotatable bonds is 1. The molecule has 70 valence electrons. The van der Waals surface area contributed by atoms with Crippen LogP contribution in [0.25, 0.3) is 0 Å². The molecule has 0 spiro atoms. The van der Waals surface area contributed by atoms with E-state index in [-0.39, 0.29) is 0 Å². The van der Waals surface area contributed by atoms with Gasteiger partial charge in [-0.1, -0.05) is 12.1 Å². The van der Waals surface area contributed by atoms with Gasteiger partial charge in [0.05, 0.1) is 0 Å². The Morgan fingerprint density at radius 3 is 3.08 bits per heavy atom. The monoisotopic (exact) mass is 177 g/mol. The van der Waals surface area contributed by atoms with Gasteiger partial charge >= 0.3 is 0 Å². The van der Waals surface area contributed by atoms with Crippen molar-refractivity contribution in [3.05, 3.63) is 29.3 Å². The van der Waals surface area contributed by atoms with Crippen molar-refractivity contribution in [3.63, 3.8) is 0 Å². The number of phenolic OH excluding ortho intramolecular Hbond substituents is 1. The number of aryl methyl sites for hydroxylation is 1. The minimum absolute atomic E-state index is 0.366. The first-order valence-electron chi connectivity index (χ1n) is 4.83. The highest BCUT2D eigenvalue weighted by Gasteiger charge is 2.21. The molecule has 1 unspecified atom stereocenters. The van der Waals surface area contributed by atoms with Crippen LogP contribution in [0.4, 0.5) is 0 Å². The van der Waals surface area contributed by atoms with E-state index in [9.17, 15) is 5.11 Å². The Kier molecular flexibility index (Phi) is 2.23. The van der Waals surface area contributed by atoms with Gasteiger partial charge in [0.25, 0.3) is 0 Å². The minimum atomic E-state index is 0.366. The van der Waals surface area contributed by atoms with Crippen molar-refractivity contribution in [1.29, 1.82) is 0 Å². The lowest BCUT2D eigenvalue weighted by Gasteiger charge is -2.24. The summed E-state index contributed by atoms with van der Waals surface area (Å²) in [5, 5.41) is 9.70. The Morgan fingerprint density at radius 1 is 1.46 bits per heavy atom. The third-order valence-corrected chi connectivity index (χ3v) is 2.86. The summed E-state index contributed by atoms with van der Waals surface area (Å²) in [4.78, 5) is 0. The molecule has 0 amide bonds. The fourth-order valence-corrected chi connectivity index (χ4v) is 2.21. The van der Waals surface area contributed by atoms with Gasteiger partial charge in [-0.15, -0.1) is 0 Å². The molecule has 2 nitrogen and oxygen atoms in total. The van der Waals surface area contributed by atoms with Gasteiger partial charge in [-0.25, -0.2) is 0 Å². The highest BCUT2D eigenvalue weighted by Crippen LogP contribution is 2.36. The largest absolute Gasteiger partial charge is 0.508 e. The van der Waals surface area contributed by atoms with E-state index in [1.807, 2.05) is 6.07 Å². The maximum atomic E-state index is 9.70. The lowest BCUT2D eigenvalue weighted by atomic mass is 9.82. The van der Waals surface area contributed by atoms with Crippen LogP contribution in [0.5, 0.6) is 5.75 Å². The highest BCUT2D eigenvalue weighted by molar-refractivity contribution is 5.43. The van der Waals surface area contributed by atoms with Crippen molar-refractivity contribution in [2.24, 2.45) is 5.73 Å². The fraction of sp³-hybridized carbons (Fsp3) is 0.455. The van der Waals surface area contributed by atoms with Crippen LogP contribution in [0, 0.1) is 0 Å². The molecular weight excluding hydrogens is 162 g/mol. The van der Waals surface area contributed by atoms with Gasteiger partial charge in [-0.2, -0.15) is 0 Å². The molecule has 0 heterocycles. The van der Waals surface area contributed by atoms with Gasteiger partial charge in [0.1, 0.15) is 5.75 Å². The standard InChI is InChI=1S/C11H15NO/c12-7-9-5-1-3-8-4-2-6-10(13)11(8)9/h2,4,6,9,13H,1,3,5,7,12H2. The van der Waals surface area contributed by atoms with Crippen LogP contribution >= 0.6 is 0 Å². The van der Waals surface area contributed by atoms with E-state index in [0.717, 1.165) is 18.4 Å². The normalized spacial score (nSPS) is 21.2. The summed E-state index contributed by atoms with van der Waals surface area (Å²) in [7, 11) is 0. The number of hydrogen-bond donors (Lipinski definition) is 2. The first-order valence-corrected chi connectivity index (χ1v) is 4.83. The van der Waals surface area contributed by atoms with Crippen molar-refractivity contribution in [2.75, 3.05) is 6.54 Å². The zero-order valence-corrected chi connectivity index (χ0v) is 7.66. The molecule has 0 aliphatic heterocycles. The number of nitrogens with two attached hydrogens (primary N) is 1. The van der Waals surface area contributed by atoms with Gasteiger partial charge in [-0.05, 0) is 37.4 Å². The minimum Gasteiger partial charge on any atom is -0.508 e. The molecule has 0 bridgehead atoms. The summed E-state index contributed by atoms with van der Waals surface area (Å²) in [5.41, 5.74) is 8.05. The molecule has 0 saturated carbocycles. The van der Waals surface area contributed by atoms with Gasteiger partial charge in [0.2, 0.25) is 0 Å². The predicted molar refractivity (Wildman–Crippen MR) is 52.8 cm³/mol. The Balaban J connectivity index is 2.47. The average molecular weight is 177 g/mol. The van der Waals surface area contributed by atoms with Crippen LogP contribution in [0.2, 0.25) is 0 Å². The van der Waals surface area contributed by atoms with E-state index < -0.39 is 0 Å². The number of fused-ring (bicyclic) bond motifs is 1. The molecule has 3 N–H and O–H groups in total. The Bertz CT molecular complexity index is 309. The van der Waals surface area contributed by atoms with Crippen LogP contribution in [-0.4, -0.2) is 11.7 Å². The van der Waals surface area contributed by atoms with Crippen molar-refractivity contribution in [3.8, 4) is 5.75 Å². The van der Waals surface area contributed by atoms with Crippen molar-refractivity contribution in [2.45, 2.75) is 25.2 Å². The Labute approximate surface area is 78.4 Å². The first kappa shape index (κ1) is 8.57. The van der Waals surface area contributed by atoms with Gasteiger partial charge in [-0.3, -0.25) is 0 Å². The quantitative estimate of drug-likeness (QED) is 0.686. The summed E-state index contributed by atoms with van der Waals surface area (Å²) in [6.45, 7) is 0.643. The van der Waals surface area contributed by atoms with Gasteiger partial charge in [0.15, 0.2) is 0 Å². The Morgan fingerprint density at radius 2 is 2.31 bits per heavy atom. The number of hydrogen-bond acceptors (Lipinski definition) is 2. The van der Waals surface area contributed by atoms with Gasteiger partial charge in [0, 0.05) is 11.5 Å². The summed E-state index contributed by atoms with van der Waals surface area (Å²) in [5.74, 6) is 0.789. The van der Waals surface area contributed by atoms with E-state index >= 15 is 0 Å². The molecule has 0 radical (unpaired) electrons. The zero-order chi connectivity index (χ0) is 9.26. The second kappa shape index (κ2) is 3.38. The van der Waals surface area contributed by atoms with Crippen molar-refractivity contribution < 1.29 is 5.11 Å². The lowest BCUT2D eigenvalue weighted by Crippen LogP contribution is -2.18. The maximum absolute atomic E-state index is 9.70. The number of phenols is 1. The molecular formula is C11H15NO. The van der Waals surface area contributed by atoms with Crippen LogP contribution in [0.15, 0.2) is 18.2 Å². The van der Waals surface area contributed by atoms with E-state index in [1.54, 1.807) is 6.07 Å². The molecule has 1 aromatic rings. The smallest absolute Gasteiger partial charge is 0.119 e. The fourth-order valence-electron chi connectivity index (χ4n) is 2.21. The maximum Gasteiger partial charge on any atom is 0.119 e. The third kappa shape index (κ3) is 1.42. The van der Waals surface area contributed by atoms with E-state index in [2.05, 4.69) is 6.07 Å². The molecule has 2 rings (SSSR count). The second-order valence-corrected chi connectivity index (χ2v) is 3.67. The Hall–Kier alpha value is -1.02. The first-order chi connectivity index (χ1) is 6.33.